The van der Waals surface area contributed by atoms with E-state index in [0.717, 1.165) is 19.3 Å². The highest BCUT2D eigenvalue weighted by molar-refractivity contribution is 5.85. The van der Waals surface area contributed by atoms with Gasteiger partial charge >= 0.3 is 0 Å². The molecule has 0 aliphatic carbocycles. The molecule has 2 fully saturated rings. The fraction of sp³-hybridized carbons (Fsp3) is 0.800. The molecule has 0 unspecified atom stereocenters. The number of nitrogens with zero attached hydrogens (tertiary/aromatic N) is 1. The van der Waals surface area contributed by atoms with Crippen molar-refractivity contribution >= 4 is 5.91 Å². The summed E-state index contributed by atoms with van der Waals surface area (Å²) in [7, 11) is 0. The Labute approximate surface area is 88.9 Å². The van der Waals surface area contributed by atoms with E-state index in [1.807, 2.05) is 4.90 Å². The van der Waals surface area contributed by atoms with E-state index < -0.39 is 11.8 Å². The second-order valence-corrected chi connectivity index (χ2v) is 4.45. The van der Waals surface area contributed by atoms with Crippen molar-refractivity contribution in [1.29, 1.82) is 0 Å². The Bertz CT molecular complexity index is 265. The fourth-order valence-corrected chi connectivity index (χ4v) is 2.90. The molecule has 2 aliphatic heterocycles. The maximum Gasteiger partial charge on any atom is 0.237 e. The predicted octanol–water partition coefficient (Wildman–Crippen LogP) is -1.02. The van der Waals surface area contributed by atoms with E-state index in [1.165, 1.54) is 0 Å². The first-order chi connectivity index (χ1) is 7.06. The molecule has 5 nitrogen and oxygen atoms in total. The van der Waals surface area contributed by atoms with Gasteiger partial charge in [-0.15, -0.1) is 0 Å². The van der Waals surface area contributed by atoms with Crippen LogP contribution in [0.25, 0.3) is 0 Å². The first kappa shape index (κ1) is 10.9. The standard InChI is InChI=1S/C10H17N2O3/c11-9(15)10-4-1-2-7(3-5-10)12(10)6-8(13)14/h1,7-8,13-14H,2-6H2,(H2,11,15)/t7-,10+/m1/s1. The molecular weight excluding hydrogens is 196 g/mol. The highest BCUT2D eigenvalue weighted by Crippen LogP contribution is 2.43. The van der Waals surface area contributed by atoms with Gasteiger partial charge in [0.05, 0.1) is 6.54 Å². The van der Waals surface area contributed by atoms with E-state index in [2.05, 4.69) is 6.42 Å². The van der Waals surface area contributed by atoms with Gasteiger partial charge in [-0.3, -0.25) is 9.69 Å². The largest absolute Gasteiger partial charge is 0.368 e. The number of aliphatic hydroxyl groups is 2. The molecule has 0 aromatic carbocycles. The number of hydrogen-bond acceptors (Lipinski definition) is 4. The molecule has 2 atom stereocenters. The summed E-state index contributed by atoms with van der Waals surface area (Å²) in [5, 5.41) is 18.0. The summed E-state index contributed by atoms with van der Waals surface area (Å²) >= 11 is 0. The van der Waals surface area contributed by atoms with Crippen LogP contribution in [0.15, 0.2) is 0 Å². The van der Waals surface area contributed by atoms with Crippen molar-refractivity contribution in [3.8, 4) is 0 Å². The van der Waals surface area contributed by atoms with Gasteiger partial charge in [0.25, 0.3) is 0 Å². The molecule has 2 saturated heterocycles. The number of hydrogen-bond donors (Lipinski definition) is 3. The summed E-state index contributed by atoms with van der Waals surface area (Å²) in [5.74, 6) is -0.346. The summed E-state index contributed by atoms with van der Waals surface area (Å²) in [5.41, 5.74) is 4.78. The lowest BCUT2D eigenvalue weighted by Gasteiger charge is -2.42. The first-order valence-electron chi connectivity index (χ1n) is 5.31. The summed E-state index contributed by atoms with van der Waals surface area (Å²) in [6.07, 6.45) is 3.86. The average Bonchev–Trinajstić information content (AvgIpc) is 2.38. The molecule has 2 aliphatic rings. The molecule has 2 bridgehead atoms. The molecule has 0 spiro atoms. The van der Waals surface area contributed by atoms with Crippen LogP contribution in [0.2, 0.25) is 0 Å². The van der Waals surface area contributed by atoms with Crippen LogP contribution in [0.4, 0.5) is 0 Å². The monoisotopic (exact) mass is 213 g/mol. The molecule has 85 valence electrons. The van der Waals surface area contributed by atoms with Gasteiger partial charge < -0.3 is 15.9 Å². The van der Waals surface area contributed by atoms with Crippen LogP contribution in [0, 0.1) is 6.42 Å². The van der Waals surface area contributed by atoms with Crippen LogP contribution < -0.4 is 5.73 Å². The Hall–Kier alpha value is -0.650. The van der Waals surface area contributed by atoms with Gasteiger partial charge in [0, 0.05) is 6.04 Å². The Morgan fingerprint density at radius 2 is 2.40 bits per heavy atom. The molecule has 2 rings (SSSR count). The molecule has 5 heteroatoms. The number of nitrogens with two attached hydrogens (primary N) is 1. The normalized spacial score (nSPS) is 36.1. The van der Waals surface area contributed by atoms with Crippen LogP contribution >= 0.6 is 0 Å². The minimum Gasteiger partial charge on any atom is -0.368 e. The lowest BCUT2D eigenvalue weighted by molar-refractivity contribution is -0.136. The minimum atomic E-state index is -1.40. The third kappa shape index (κ3) is 1.64. The maximum absolute atomic E-state index is 11.5. The van der Waals surface area contributed by atoms with Gasteiger partial charge in [-0.25, -0.2) is 0 Å². The Balaban J connectivity index is 2.22. The Morgan fingerprint density at radius 3 is 3.00 bits per heavy atom. The molecule has 1 amide bonds. The lowest BCUT2D eigenvalue weighted by atomic mass is 9.87. The van der Waals surface area contributed by atoms with Crippen LogP contribution in [0.5, 0.6) is 0 Å². The zero-order chi connectivity index (χ0) is 11.1. The van der Waals surface area contributed by atoms with Gasteiger partial charge in [-0.05, 0) is 32.1 Å². The van der Waals surface area contributed by atoms with Gasteiger partial charge in [-0.2, -0.15) is 0 Å². The predicted molar refractivity (Wildman–Crippen MR) is 53.4 cm³/mol. The van der Waals surface area contributed by atoms with Gasteiger partial charge in [-0.1, -0.05) is 0 Å². The molecule has 4 N–H and O–H groups in total. The summed E-state index contributed by atoms with van der Waals surface area (Å²) in [6, 6.07) is 0.244. The van der Waals surface area contributed by atoms with E-state index in [0.29, 0.717) is 6.42 Å². The van der Waals surface area contributed by atoms with Gasteiger partial charge in [0.2, 0.25) is 5.91 Å². The fourth-order valence-electron chi connectivity index (χ4n) is 2.90. The summed E-state index contributed by atoms with van der Waals surface area (Å²) in [6.45, 7) is 0.113. The Kier molecular flexibility index (Phi) is 2.70. The number of aliphatic hydroxyl groups excluding tert-OH is 1. The molecule has 0 saturated carbocycles. The zero-order valence-electron chi connectivity index (χ0n) is 8.59. The number of β-amino-alcohol motifs (C(OH)–C–C–N with tert-alkyl or cyclic N) is 2. The van der Waals surface area contributed by atoms with E-state index in [-0.39, 0.29) is 18.5 Å². The number of rotatable bonds is 3. The van der Waals surface area contributed by atoms with Crippen molar-refractivity contribution in [2.45, 2.75) is 43.6 Å². The highest BCUT2D eigenvalue weighted by atomic mass is 16.5. The van der Waals surface area contributed by atoms with Crippen molar-refractivity contribution < 1.29 is 15.0 Å². The molecule has 0 aromatic rings. The second kappa shape index (κ2) is 3.73. The smallest absolute Gasteiger partial charge is 0.237 e. The number of fused-ring (bicyclic) bond motifs is 2. The number of carbonyl (C=O) groups is 1. The molecular formula is C10H17N2O3. The van der Waals surface area contributed by atoms with Crippen molar-refractivity contribution in [2.24, 2.45) is 5.73 Å². The van der Waals surface area contributed by atoms with Crippen LogP contribution in [0.1, 0.15) is 25.7 Å². The van der Waals surface area contributed by atoms with Crippen molar-refractivity contribution in [2.75, 3.05) is 6.54 Å². The highest BCUT2D eigenvalue weighted by Gasteiger charge is 2.52. The molecule has 0 aromatic heterocycles. The number of amides is 1. The van der Waals surface area contributed by atoms with E-state index in [4.69, 9.17) is 15.9 Å². The van der Waals surface area contributed by atoms with Crippen LogP contribution in [0.3, 0.4) is 0 Å². The summed E-state index contributed by atoms with van der Waals surface area (Å²) in [4.78, 5) is 13.4. The van der Waals surface area contributed by atoms with Gasteiger partial charge in [0.1, 0.15) is 5.54 Å². The first-order valence-corrected chi connectivity index (χ1v) is 5.31. The molecule has 15 heavy (non-hydrogen) atoms. The zero-order valence-corrected chi connectivity index (χ0v) is 8.59. The van der Waals surface area contributed by atoms with Crippen molar-refractivity contribution in [3.05, 3.63) is 6.42 Å². The number of carbonyl (C=O) groups excluding carboxylic acids is 1. The topological polar surface area (TPSA) is 86.8 Å². The van der Waals surface area contributed by atoms with Crippen LogP contribution in [-0.2, 0) is 4.79 Å². The van der Waals surface area contributed by atoms with Crippen molar-refractivity contribution in [1.82, 2.24) is 4.90 Å². The maximum atomic E-state index is 11.5. The molecule has 2 heterocycles. The lowest BCUT2D eigenvalue weighted by Crippen LogP contribution is -2.59. The Morgan fingerprint density at radius 1 is 1.67 bits per heavy atom. The SMILES string of the molecule is NC(=O)[C@]12C[CH]C[C@H](CC1)N2CC(O)O. The minimum absolute atomic E-state index is 0.113. The second-order valence-electron chi connectivity index (χ2n) is 4.45. The van der Waals surface area contributed by atoms with E-state index in [9.17, 15) is 4.79 Å². The van der Waals surface area contributed by atoms with E-state index >= 15 is 0 Å². The van der Waals surface area contributed by atoms with Gasteiger partial charge in [0.15, 0.2) is 6.29 Å². The number of piperidine rings is 1. The van der Waals surface area contributed by atoms with E-state index in [1.54, 1.807) is 0 Å². The number of primary amides is 1. The van der Waals surface area contributed by atoms with Crippen LogP contribution in [-0.4, -0.2) is 45.4 Å². The van der Waals surface area contributed by atoms with Crippen molar-refractivity contribution in [3.63, 3.8) is 0 Å². The molecule has 1 radical (unpaired) electrons. The third-order valence-electron chi connectivity index (χ3n) is 3.62. The average molecular weight is 213 g/mol. The quantitative estimate of drug-likeness (QED) is 0.524. The third-order valence-corrected chi connectivity index (χ3v) is 3.62. The summed E-state index contributed by atoms with van der Waals surface area (Å²) < 4.78 is 0.